The van der Waals surface area contributed by atoms with Crippen molar-refractivity contribution in [2.75, 3.05) is 11.3 Å². The zero-order valence-corrected chi connectivity index (χ0v) is 17.3. The summed E-state index contributed by atoms with van der Waals surface area (Å²) < 4.78 is 38.2. The maximum atomic E-state index is 12.6. The molecule has 0 saturated heterocycles. The van der Waals surface area contributed by atoms with Gasteiger partial charge in [-0.05, 0) is 41.8 Å². The van der Waals surface area contributed by atoms with Crippen LogP contribution in [-0.2, 0) is 29.5 Å². The van der Waals surface area contributed by atoms with Gasteiger partial charge in [0.1, 0.15) is 6.33 Å². The van der Waals surface area contributed by atoms with Gasteiger partial charge in [0.15, 0.2) is 5.58 Å². The van der Waals surface area contributed by atoms with Crippen molar-refractivity contribution in [3.8, 4) is 0 Å². The van der Waals surface area contributed by atoms with Gasteiger partial charge in [-0.1, -0.05) is 18.2 Å². The Hall–Kier alpha value is -3.02. The Morgan fingerprint density at radius 1 is 1.27 bits per heavy atom. The summed E-state index contributed by atoms with van der Waals surface area (Å²) in [4.78, 5) is 16.3. The predicted octanol–water partition coefficient (Wildman–Crippen LogP) is 1.94. The molecule has 0 aliphatic carbocycles. The minimum absolute atomic E-state index is 0.0192. The van der Waals surface area contributed by atoms with Crippen LogP contribution in [0.2, 0.25) is 0 Å². The van der Waals surface area contributed by atoms with Crippen molar-refractivity contribution in [2.45, 2.75) is 24.4 Å². The van der Waals surface area contributed by atoms with Gasteiger partial charge in [0.25, 0.3) is 10.0 Å². The summed E-state index contributed by atoms with van der Waals surface area (Å²) in [5, 5.41) is 3.51. The van der Waals surface area contributed by atoms with Gasteiger partial charge in [0.05, 0.1) is 17.0 Å². The van der Waals surface area contributed by atoms with Crippen LogP contribution in [0.5, 0.6) is 0 Å². The molecule has 2 N–H and O–H groups in total. The lowest BCUT2D eigenvalue weighted by Gasteiger charge is -2.20. The van der Waals surface area contributed by atoms with E-state index in [0.29, 0.717) is 12.1 Å². The van der Waals surface area contributed by atoms with Crippen LogP contribution < -0.4 is 15.8 Å². The van der Waals surface area contributed by atoms with Crippen molar-refractivity contribution in [1.82, 2.24) is 19.2 Å². The van der Waals surface area contributed by atoms with E-state index in [4.69, 9.17) is 4.42 Å². The molecule has 30 heavy (non-hydrogen) atoms. The second-order valence-electron chi connectivity index (χ2n) is 6.92. The van der Waals surface area contributed by atoms with Crippen LogP contribution in [0.25, 0.3) is 11.1 Å². The summed E-state index contributed by atoms with van der Waals surface area (Å²) >= 11 is 0.934. The average molecular weight is 444 g/mol. The average Bonchev–Trinajstić information content (AvgIpc) is 3.35. The van der Waals surface area contributed by atoms with Crippen LogP contribution in [0.1, 0.15) is 16.7 Å². The summed E-state index contributed by atoms with van der Waals surface area (Å²) in [6.07, 6.45) is 2.17. The summed E-state index contributed by atoms with van der Waals surface area (Å²) in [7, 11) is -3.87. The number of aromatic nitrogens is 3. The number of anilines is 1. The quantitative estimate of drug-likeness (QED) is 0.484. The maximum Gasteiger partial charge on any atom is 0.420 e. The molecule has 0 unspecified atom stereocenters. The molecule has 0 bridgehead atoms. The summed E-state index contributed by atoms with van der Waals surface area (Å²) in [5.74, 6) is -0.525. The van der Waals surface area contributed by atoms with E-state index in [1.54, 1.807) is 6.07 Å². The van der Waals surface area contributed by atoms with Crippen LogP contribution in [0.4, 0.5) is 5.13 Å². The molecular formula is C19H17N5O4S2. The lowest BCUT2D eigenvalue weighted by atomic mass is 9.95. The SMILES string of the molecule is O=c1oc2cc(S(=O)(=O)Nc3ncns3)ccc2n1Cc1cccc2c1CCNC2. The number of hydrogen-bond donors (Lipinski definition) is 2. The van der Waals surface area contributed by atoms with Crippen LogP contribution in [0.15, 0.2) is 56.8 Å². The first-order valence-corrected chi connectivity index (χ1v) is 11.5. The fraction of sp³-hybridized carbons (Fsp3) is 0.211. The zero-order chi connectivity index (χ0) is 20.7. The van der Waals surface area contributed by atoms with Gasteiger partial charge in [-0.25, -0.2) is 18.2 Å². The molecular weight excluding hydrogens is 426 g/mol. The van der Waals surface area contributed by atoms with Gasteiger partial charge in [-0.2, -0.15) is 4.37 Å². The number of oxazole rings is 1. The molecule has 2 aromatic carbocycles. The number of rotatable bonds is 5. The number of sulfonamides is 1. The summed E-state index contributed by atoms with van der Waals surface area (Å²) in [6.45, 7) is 2.07. The van der Waals surface area contributed by atoms with E-state index in [0.717, 1.165) is 36.6 Å². The van der Waals surface area contributed by atoms with Gasteiger partial charge in [0, 0.05) is 24.1 Å². The Morgan fingerprint density at radius 2 is 2.17 bits per heavy atom. The molecule has 0 fully saturated rings. The van der Waals surface area contributed by atoms with Crippen molar-refractivity contribution in [2.24, 2.45) is 0 Å². The minimum atomic E-state index is -3.87. The Balaban J connectivity index is 1.51. The fourth-order valence-electron chi connectivity index (χ4n) is 3.68. The Labute approximate surface area is 175 Å². The third-order valence-electron chi connectivity index (χ3n) is 5.10. The fourth-order valence-corrected chi connectivity index (χ4v) is 5.36. The topological polar surface area (TPSA) is 119 Å². The first-order chi connectivity index (χ1) is 14.5. The van der Waals surface area contributed by atoms with E-state index >= 15 is 0 Å². The van der Waals surface area contributed by atoms with Gasteiger partial charge in [0.2, 0.25) is 5.13 Å². The predicted molar refractivity (Wildman–Crippen MR) is 112 cm³/mol. The maximum absolute atomic E-state index is 12.6. The number of fused-ring (bicyclic) bond motifs is 2. The zero-order valence-electron chi connectivity index (χ0n) is 15.7. The molecule has 1 aliphatic rings. The van der Waals surface area contributed by atoms with Crippen LogP contribution in [-0.4, -0.2) is 28.9 Å². The molecule has 3 heterocycles. The lowest BCUT2D eigenvalue weighted by molar-refractivity contribution is 0.515. The highest BCUT2D eigenvalue weighted by Gasteiger charge is 2.20. The van der Waals surface area contributed by atoms with Crippen LogP contribution >= 0.6 is 11.5 Å². The number of nitrogens with one attached hydrogen (secondary N) is 2. The second kappa shape index (κ2) is 7.35. The molecule has 0 amide bonds. The van der Waals surface area contributed by atoms with Crippen molar-refractivity contribution in [1.29, 1.82) is 0 Å². The standard InChI is InChI=1S/C19H17N5O4S2/c25-19-24(10-13-3-1-2-12-9-20-7-6-15(12)13)16-5-4-14(8-17(16)28-19)30(26,27)23-18-21-11-22-29-18/h1-5,8,11,20H,6-7,9-10H2,(H,21,22,23). The highest BCUT2D eigenvalue weighted by atomic mass is 32.2. The largest absolute Gasteiger partial charge is 0.420 e. The monoisotopic (exact) mass is 443 g/mol. The van der Waals surface area contributed by atoms with Gasteiger partial charge in [-0.15, -0.1) is 0 Å². The normalized spacial score (nSPS) is 14.0. The smallest absolute Gasteiger partial charge is 0.408 e. The first kappa shape index (κ1) is 19.0. The van der Waals surface area contributed by atoms with E-state index in [-0.39, 0.29) is 15.6 Å². The summed E-state index contributed by atoms with van der Waals surface area (Å²) in [5.41, 5.74) is 4.30. The molecule has 5 rings (SSSR count). The molecule has 154 valence electrons. The Morgan fingerprint density at radius 3 is 3.00 bits per heavy atom. The van der Waals surface area contributed by atoms with Crippen molar-refractivity contribution >= 4 is 37.8 Å². The van der Waals surface area contributed by atoms with Gasteiger partial charge in [-0.3, -0.25) is 9.29 Å². The number of benzene rings is 2. The Kier molecular flexibility index (Phi) is 4.65. The van der Waals surface area contributed by atoms with E-state index in [1.165, 1.54) is 34.2 Å². The molecule has 0 spiro atoms. The molecule has 0 saturated carbocycles. The molecule has 9 nitrogen and oxygen atoms in total. The lowest BCUT2D eigenvalue weighted by Crippen LogP contribution is -2.25. The van der Waals surface area contributed by atoms with Crippen molar-refractivity contribution < 1.29 is 12.8 Å². The molecule has 4 aromatic rings. The van der Waals surface area contributed by atoms with Crippen molar-refractivity contribution in [3.63, 3.8) is 0 Å². The van der Waals surface area contributed by atoms with Gasteiger partial charge >= 0.3 is 5.76 Å². The number of nitrogens with zero attached hydrogens (tertiary/aromatic N) is 3. The number of hydrogen-bond acceptors (Lipinski definition) is 8. The Bertz CT molecular complexity index is 1390. The third-order valence-corrected chi connectivity index (χ3v) is 7.14. The summed E-state index contributed by atoms with van der Waals surface area (Å²) in [6, 6.07) is 10.5. The highest BCUT2D eigenvalue weighted by molar-refractivity contribution is 7.93. The van der Waals surface area contributed by atoms with Crippen LogP contribution in [0, 0.1) is 0 Å². The van der Waals surface area contributed by atoms with E-state index in [2.05, 4.69) is 25.5 Å². The van der Waals surface area contributed by atoms with Crippen molar-refractivity contribution in [3.05, 3.63) is 70.0 Å². The molecule has 11 heteroatoms. The highest BCUT2D eigenvalue weighted by Crippen LogP contribution is 2.24. The van der Waals surface area contributed by atoms with Gasteiger partial charge < -0.3 is 9.73 Å². The second-order valence-corrected chi connectivity index (χ2v) is 9.38. The first-order valence-electron chi connectivity index (χ1n) is 9.24. The third kappa shape index (κ3) is 3.40. The minimum Gasteiger partial charge on any atom is -0.408 e. The van der Waals surface area contributed by atoms with E-state index in [9.17, 15) is 13.2 Å². The van der Waals surface area contributed by atoms with E-state index < -0.39 is 15.8 Å². The van der Waals surface area contributed by atoms with Crippen LogP contribution in [0.3, 0.4) is 0 Å². The molecule has 2 aromatic heterocycles. The molecule has 0 radical (unpaired) electrons. The molecule has 1 aliphatic heterocycles. The van der Waals surface area contributed by atoms with E-state index in [1.807, 2.05) is 12.1 Å². The molecule has 0 atom stereocenters.